The Bertz CT molecular complexity index is 473. The Morgan fingerprint density at radius 1 is 1.12 bits per heavy atom. The molecule has 0 unspecified atom stereocenters. The lowest BCUT2D eigenvalue weighted by Crippen LogP contribution is -2.21. The van der Waals surface area contributed by atoms with Crippen LogP contribution in [0.3, 0.4) is 0 Å². The zero-order valence-corrected chi connectivity index (χ0v) is 13.0. The Kier molecular flexibility index (Phi) is 4.59. The second-order valence-corrected chi connectivity index (χ2v) is 6.72. The molecule has 1 N–H and O–H groups in total. The van der Waals surface area contributed by atoms with Crippen molar-refractivity contribution in [2.24, 2.45) is 0 Å². The summed E-state index contributed by atoms with van der Waals surface area (Å²) in [6, 6.07) is 13.7. The molecule has 2 rings (SSSR count). The summed E-state index contributed by atoms with van der Waals surface area (Å²) in [4.78, 5) is 2.74. The number of nitrogens with one attached hydrogen (secondary N) is 1. The number of halogens is 1. The Morgan fingerprint density at radius 2 is 1.82 bits per heavy atom. The molecule has 0 aliphatic heterocycles. The zero-order valence-electron chi connectivity index (χ0n) is 10.0. The van der Waals surface area contributed by atoms with Gasteiger partial charge < -0.3 is 5.32 Å². The first-order valence-corrected chi connectivity index (χ1v) is 7.63. The van der Waals surface area contributed by atoms with Crippen molar-refractivity contribution in [3.8, 4) is 10.4 Å². The molecule has 2 aromatic rings. The number of hydrogen-bond donors (Lipinski definition) is 1. The number of hydrogen-bond acceptors (Lipinski definition) is 2. The van der Waals surface area contributed by atoms with E-state index in [4.69, 9.17) is 0 Å². The maximum Gasteiger partial charge on any atom is 0.0346 e. The SMILES string of the molecule is CC(C)NCc1ccc(-c2ccc(I)cc2)s1. The van der Waals surface area contributed by atoms with E-state index in [1.165, 1.54) is 18.9 Å². The van der Waals surface area contributed by atoms with Crippen LogP contribution in [-0.2, 0) is 6.54 Å². The number of rotatable bonds is 4. The van der Waals surface area contributed by atoms with Crippen LogP contribution >= 0.6 is 33.9 Å². The van der Waals surface area contributed by atoms with Gasteiger partial charge in [-0.15, -0.1) is 11.3 Å². The van der Waals surface area contributed by atoms with Gasteiger partial charge >= 0.3 is 0 Å². The molecule has 1 aromatic carbocycles. The third-order valence-corrected chi connectivity index (χ3v) is 4.33. The van der Waals surface area contributed by atoms with Gasteiger partial charge in [0, 0.05) is 25.9 Å². The molecule has 3 heteroatoms. The van der Waals surface area contributed by atoms with Gasteiger partial charge in [-0.3, -0.25) is 0 Å². The van der Waals surface area contributed by atoms with E-state index in [9.17, 15) is 0 Å². The Hall–Kier alpha value is -0.390. The van der Waals surface area contributed by atoms with Gasteiger partial charge in [0.1, 0.15) is 0 Å². The fourth-order valence-corrected chi connectivity index (χ4v) is 2.87. The molecular formula is C14H16INS. The lowest BCUT2D eigenvalue weighted by Gasteiger charge is -2.05. The van der Waals surface area contributed by atoms with Crippen molar-refractivity contribution >= 4 is 33.9 Å². The second kappa shape index (κ2) is 5.98. The van der Waals surface area contributed by atoms with Crippen LogP contribution in [0.15, 0.2) is 36.4 Å². The molecule has 0 atom stereocenters. The smallest absolute Gasteiger partial charge is 0.0346 e. The predicted molar refractivity (Wildman–Crippen MR) is 84.4 cm³/mol. The average Bonchev–Trinajstić information content (AvgIpc) is 2.76. The number of benzene rings is 1. The fourth-order valence-electron chi connectivity index (χ4n) is 1.55. The van der Waals surface area contributed by atoms with Crippen molar-refractivity contribution in [1.29, 1.82) is 0 Å². The molecular weight excluding hydrogens is 341 g/mol. The lowest BCUT2D eigenvalue weighted by atomic mass is 10.2. The Labute approximate surface area is 120 Å². The van der Waals surface area contributed by atoms with Crippen LogP contribution in [0.4, 0.5) is 0 Å². The van der Waals surface area contributed by atoms with E-state index in [2.05, 4.69) is 78.2 Å². The largest absolute Gasteiger partial charge is 0.310 e. The van der Waals surface area contributed by atoms with Gasteiger partial charge in [-0.2, -0.15) is 0 Å². The monoisotopic (exact) mass is 357 g/mol. The summed E-state index contributed by atoms with van der Waals surface area (Å²) in [6.07, 6.45) is 0. The van der Waals surface area contributed by atoms with Gasteiger partial charge in [-0.05, 0) is 52.4 Å². The van der Waals surface area contributed by atoms with Crippen LogP contribution in [-0.4, -0.2) is 6.04 Å². The third kappa shape index (κ3) is 3.79. The minimum Gasteiger partial charge on any atom is -0.310 e. The highest BCUT2D eigenvalue weighted by molar-refractivity contribution is 14.1. The van der Waals surface area contributed by atoms with E-state index in [-0.39, 0.29) is 0 Å². The van der Waals surface area contributed by atoms with Crippen molar-refractivity contribution in [3.63, 3.8) is 0 Å². The van der Waals surface area contributed by atoms with E-state index in [1.807, 2.05) is 11.3 Å². The molecule has 0 bridgehead atoms. The molecule has 90 valence electrons. The van der Waals surface area contributed by atoms with Gasteiger partial charge in [0.15, 0.2) is 0 Å². The van der Waals surface area contributed by atoms with Crippen molar-refractivity contribution in [2.45, 2.75) is 26.4 Å². The molecule has 0 amide bonds. The van der Waals surface area contributed by atoms with Gasteiger partial charge in [0.25, 0.3) is 0 Å². The van der Waals surface area contributed by atoms with Crippen LogP contribution in [0.2, 0.25) is 0 Å². The molecule has 0 spiro atoms. The summed E-state index contributed by atoms with van der Waals surface area (Å²) in [7, 11) is 0. The van der Waals surface area contributed by atoms with Crippen LogP contribution in [0.5, 0.6) is 0 Å². The normalized spacial score (nSPS) is 11.1. The van der Waals surface area contributed by atoms with Gasteiger partial charge in [-0.25, -0.2) is 0 Å². The van der Waals surface area contributed by atoms with E-state index in [1.54, 1.807) is 0 Å². The minimum atomic E-state index is 0.541. The first-order chi connectivity index (χ1) is 8.15. The minimum absolute atomic E-state index is 0.541. The van der Waals surface area contributed by atoms with Crippen LogP contribution in [0.1, 0.15) is 18.7 Å². The molecule has 1 heterocycles. The van der Waals surface area contributed by atoms with Gasteiger partial charge in [-0.1, -0.05) is 26.0 Å². The molecule has 1 nitrogen and oxygen atoms in total. The van der Waals surface area contributed by atoms with Crippen molar-refractivity contribution in [2.75, 3.05) is 0 Å². The molecule has 0 saturated carbocycles. The van der Waals surface area contributed by atoms with Gasteiger partial charge in [0.05, 0.1) is 0 Å². The van der Waals surface area contributed by atoms with Crippen LogP contribution < -0.4 is 5.32 Å². The number of thiophene rings is 1. The summed E-state index contributed by atoms with van der Waals surface area (Å²) >= 11 is 4.20. The van der Waals surface area contributed by atoms with Crippen molar-refractivity contribution in [3.05, 3.63) is 44.8 Å². The third-order valence-electron chi connectivity index (χ3n) is 2.47. The Balaban J connectivity index is 2.10. The summed E-state index contributed by atoms with van der Waals surface area (Å²) in [5, 5.41) is 3.44. The van der Waals surface area contributed by atoms with Gasteiger partial charge in [0.2, 0.25) is 0 Å². The van der Waals surface area contributed by atoms with E-state index in [0.29, 0.717) is 6.04 Å². The maximum absolute atomic E-state index is 3.44. The van der Waals surface area contributed by atoms with E-state index >= 15 is 0 Å². The first-order valence-electron chi connectivity index (χ1n) is 5.73. The fraction of sp³-hybridized carbons (Fsp3) is 0.286. The summed E-state index contributed by atoms with van der Waals surface area (Å²) in [6.45, 7) is 5.31. The van der Waals surface area contributed by atoms with Crippen molar-refractivity contribution in [1.82, 2.24) is 5.32 Å². The summed E-state index contributed by atoms with van der Waals surface area (Å²) in [5.41, 5.74) is 1.31. The maximum atomic E-state index is 3.44. The topological polar surface area (TPSA) is 12.0 Å². The second-order valence-electron chi connectivity index (χ2n) is 4.31. The highest BCUT2D eigenvalue weighted by atomic mass is 127. The van der Waals surface area contributed by atoms with Crippen LogP contribution in [0.25, 0.3) is 10.4 Å². The average molecular weight is 357 g/mol. The van der Waals surface area contributed by atoms with E-state index in [0.717, 1.165) is 6.54 Å². The summed E-state index contributed by atoms with van der Waals surface area (Å²) in [5.74, 6) is 0. The summed E-state index contributed by atoms with van der Waals surface area (Å²) < 4.78 is 1.28. The molecule has 0 aliphatic carbocycles. The lowest BCUT2D eigenvalue weighted by molar-refractivity contribution is 0.593. The van der Waals surface area contributed by atoms with Crippen LogP contribution in [0, 0.1) is 3.57 Å². The first kappa shape index (κ1) is 13.1. The molecule has 17 heavy (non-hydrogen) atoms. The highest BCUT2D eigenvalue weighted by Crippen LogP contribution is 2.28. The van der Waals surface area contributed by atoms with E-state index < -0.39 is 0 Å². The predicted octanol–water partition coefficient (Wildman–Crippen LogP) is 4.52. The molecule has 0 fully saturated rings. The molecule has 0 aliphatic rings. The quantitative estimate of drug-likeness (QED) is 0.794. The zero-order chi connectivity index (χ0) is 12.3. The molecule has 0 saturated heterocycles. The molecule has 1 aromatic heterocycles. The van der Waals surface area contributed by atoms with Crippen molar-refractivity contribution < 1.29 is 0 Å². The Morgan fingerprint density at radius 3 is 2.47 bits per heavy atom. The highest BCUT2D eigenvalue weighted by Gasteiger charge is 2.03. The molecule has 0 radical (unpaired) electrons. The standard InChI is InChI=1S/C14H16INS/c1-10(2)16-9-13-7-8-14(17-13)11-3-5-12(15)6-4-11/h3-8,10,16H,9H2,1-2H3.